The zero-order valence-electron chi connectivity index (χ0n) is 8.96. The Morgan fingerprint density at radius 3 is 2.73 bits per heavy atom. The molecule has 0 heterocycles. The predicted molar refractivity (Wildman–Crippen MR) is 56.7 cm³/mol. The third kappa shape index (κ3) is 2.39. The Bertz CT molecular complexity index is 342. The number of methoxy groups -OCH3 is 1. The number of phenols is 1. The standard InChI is InChI=1S/C11H16FNO2/c1-7(5-6-13)8-3-4-9(14)11(15-2)10(8)12/h3-4,7,14H,5-6,13H2,1-2H3. The first-order valence-corrected chi connectivity index (χ1v) is 4.87. The summed E-state index contributed by atoms with van der Waals surface area (Å²) in [5, 5.41) is 9.34. The lowest BCUT2D eigenvalue weighted by Gasteiger charge is -2.14. The number of halogens is 1. The maximum Gasteiger partial charge on any atom is 0.196 e. The fourth-order valence-corrected chi connectivity index (χ4v) is 1.54. The summed E-state index contributed by atoms with van der Waals surface area (Å²) in [5.41, 5.74) is 5.94. The second kappa shape index (κ2) is 4.98. The largest absolute Gasteiger partial charge is 0.504 e. The maximum atomic E-state index is 13.8. The van der Waals surface area contributed by atoms with Crippen LogP contribution in [0.3, 0.4) is 0 Å². The van der Waals surface area contributed by atoms with Gasteiger partial charge < -0.3 is 15.6 Å². The van der Waals surface area contributed by atoms with Crippen LogP contribution in [0.4, 0.5) is 4.39 Å². The molecule has 0 spiro atoms. The topological polar surface area (TPSA) is 55.5 Å². The van der Waals surface area contributed by atoms with Crippen LogP contribution < -0.4 is 10.5 Å². The molecular formula is C11H16FNO2. The monoisotopic (exact) mass is 213 g/mol. The summed E-state index contributed by atoms with van der Waals surface area (Å²) in [6.07, 6.45) is 0.699. The number of benzene rings is 1. The second-order valence-corrected chi connectivity index (χ2v) is 3.50. The van der Waals surface area contributed by atoms with Crippen molar-refractivity contribution in [2.24, 2.45) is 5.73 Å². The van der Waals surface area contributed by atoms with Crippen molar-refractivity contribution in [1.29, 1.82) is 0 Å². The van der Waals surface area contributed by atoms with Gasteiger partial charge in [0.15, 0.2) is 17.3 Å². The van der Waals surface area contributed by atoms with Gasteiger partial charge in [0.05, 0.1) is 7.11 Å². The van der Waals surface area contributed by atoms with Gasteiger partial charge in [-0.15, -0.1) is 0 Å². The molecule has 0 aliphatic heterocycles. The Morgan fingerprint density at radius 1 is 1.53 bits per heavy atom. The molecule has 0 saturated carbocycles. The molecular weight excluding hydrogens is 197 g/mol. The van der Waals surface area contributed by atoms with Crippen LogP contribution >= 0.6 is 0 Å². The molecule has 1 atom stereocenters. The van der Waals surface area contributed by atoms with Crippen molar-refractivity contribution < 1.29 is 14.2 Å². The van der Waals surface area contributed by atoms with E-state index in [0.29, 0.717) is 18.5 Å². The molecule has 0 radical (unpaired) electrons. The lowest BCUT2D eigenvalue weighted by Crippen LogP contribution is -2.06. The van der Waals surface area contributed by atoms with Gasteiger partial charge in [-0.05, 0) is 30.5 Å². The lowest BCUT2D eigenvalue weighted by atomic mass is 9.97. The smallest absolute Gasteiger partial charge is 0.196 e. The third-order valence-corrected chi connectivity index (χ3v) is 2.44. The van der Waals surface area contributed by atoms with Gasteiger partial charge in [0, 0.05) is 0 Å². The van der Waals surface area contributed by atoms with E-state index in [9.17, 15) is 9.50 Å². The van der Waals surface area contributed by atoms with Crippen LogP contribution in [-0.4, -0.2) is 18.8 Å². The van der Waals surface area contributed by atoms with Crippen molar-refractivity contribution in [3.63, 3.8) is 0 Å². The van der Waals surface area contributed by atoms with Crippen molar-refractivity contribution in [3.8, 4) is 11.5 Å². The Kier molecular flexibility index (Phi) is 3.91. The molecule has 0 aromatic heterocycles. The molecule has 0 aliphatic carbocycles. The zero-order valence-corrected chi connectivity index (χ0v) is 8.96. The molecule has 15 heavy (non-hydrogen) atoms. The van der Waals surface area contributed by atoms with E-state index >= 15 is 0 Å². The van der Waals surface area contributed by atoms with Crippen LogP contribution in [-0.2, 0) is 0 Å². The summed E-state index contributed by atoms with van der Waals surface area (Å²) in [6, 6.07) is 3.00. The molecule has 1 aromatic rings. The number of ether oxygens (including phenoxy) is 1. The van der Waals surface area contributed by atoms with Crippen LogP contribution in [0.25, 0.3) is 0 Å². The van der Waals surface area contributed by atoms with Crippen molar-refractivity contribution in [3.05, 3.63) is 23.5 Å². The van der Waals surface area contributed by atoms with Crippen LogP contribution in [0.2, 0.25) is 0 Å². The summed E-state index contributed by atoms with van der Waals surface area (Å²) < 4.78 is 18.6. The normalized spacial score (nSPS) is 12.5. The minimum absolute atomic E-state index is 0.0181. The van der Waals surface area contributed by atoms with Gasteiger partial charge in [0.1, 0.15) is 0 Å². The van der Waals surface area contributed by atoms with Gasteiger partial charge in [-0.1, -0.05) is 13.0 Å². The molecule has 4 heteroatoms. The van der Waals surface area contributed by atoms with Gasteiger partial charge in [-0.25, -0.2) is 4.39 Å². The molecule has 0 saturated heterocycles. The van der Waals surface area contributed by atoms with E-state index in [-0.39, 0.29) is 17.4 Å². The first-order chi connectivity index (χ1) is 7.11. The summed E-state index contributed by atoms with van der Waals surface area (Å²) >= 11 is 0. The number of hydrogen-bond donors (Lipinski definition) is 2. The number of rotatable bonds is 4. The third-order valence-electron chi connectivity index (χ3n) is 2.44. The average Bonchev–Trinajstić information content (AvgIpc) is 2.18. The number of aromatic hydroxyl groups is 1. The summed E-state index contributed by atoms with van der Waals surface area (Å²) in [4.78, 5) is 0. The van der Waals surface area contributed by atoms with Crippen molar-refractivity contribution >= 4 is 0 Å². The molecule has 1 unspecified atom stereocenters. The highest BCUT2D eigenvalue weighted by atomic mass is 19.1. The maximum absolute atomic E-state index is 13.8. The molecule has 84 valence electrons. The molecule has 0 bridgehead atoms. The number of phenolic OH excluding ortho intramolecular Hbond substituents is 1. The van der Waals surface area contributed by atoms with Gasteiger partial charge >= 0.3 is 0 Å². The van der Waals surface area contributed by atoms with E-state index in [1.165, 1.54) is 13.2 Å². The van der Waals surface area contributed by atoms with E-state index in [4.69, 9.17) is 10.5 Å². The lowest BCUT2D eigenvalue weighted by molar-refractivity contribution is 0.348. The van der Waals surface area contributed by atoms with E-state index in [1.807, 2.05) is 6.92 Å². The summed E-state index contributed by atoms with van der Waals surface area (Å²) in [7, 11) is 1.33. The Balaban J connectivity index is 3.09. The highest BCUT2D eigenvalue weighted by Crippen LogP contribution is 2.34. The van der Waals surface area contributed by atoms with E-state index < -0.39 is 5.82 Å². The molecule has 1 rings (SSSR count). The highest BCUT2D eigenvalue weighted by molar-refractivity contribution is 5.44. The quantitative estimate of drug-likeness (QED) is 0.804. The number of hydrogen-bond acceptors (Lipinski definition) is 3. The van der Waals surface area contributed by atoms with Gasteiger partial charge in [0.2, 0.25) is 0 Å². The first kappa shape index (κ1) is 11.8. The Morgan fingerprint density at radius 2 is 2.20 bits per heavy atom. The van der Waals surface area contributed by atoms with Crippen LogP contribution in [0, 0.1) is 5.82 Å². The molecule has 0 amide bonds. The number of nitrogens with two attached hydrogens (primary N) is 1. The zero-order chi connectivity index (χ0) is 11.4. The summed E-state index contributed by atoms with van der Waals surface area (Å²) in [6.45, 7) is 2.39. The van der Waals surface area contributed by atoms with E-state index in [0.717, 1.165) is 0 Å². The van der Waals surface area contributed by atoms with E-state index in [1.54, 1.807) is 6.07 Å². The molecule has 3 nitrogen and oxygen atoms in total. The Hall–Kier alpha value is -1.29. The van der Waals surface area contributed by atoms with Crippen molar-refractivity contribution in [2.45, 2.75) is 19.3 Å². The molecule has 3 N–H and O–H groups in total. The first-order valence-electron chi connectivity index (χ1n) is 4.87. The van der Waals surface area contributed by atoms with Crippen LogP contribution in [0.15, 0.2) is 12.1 Å². The van der Waals surface area contributed by atoms with E-state index in [2.05, 4.69) is 0 Å². The SMILES string of the molecule is COc1c(O)ccc(C(C)CCN)c1F. The predicted octanol–water partition coefficient (Wildman–Crippen LogP) is 1.99. The fourth-order valence-electron chi connectivity index (χ4n) is 1.54. The minimum Gasteiger partial charge on any atom is -0.504 e. The summed E-state index contributed by atoms with van der Waals surface area (Å²) in [5.74, 6) is -0.766. The molecule has 1 aromatic carbocycles. The Labute approximate surface area is 88.7 Å². The fraction of sp³-hybridized carbons (Fsp3) is 0.455. The van der Waals surface area contributed by atoms with Crippen LogP contribution in [0.5, 0.6) is 11.5 Å². The highest BCUT2D eigenvalue weighted by Gasteiger charge is 2.17. The van der Waals surface area contributed by atoms with Gasteiger partial charge in [-0.3, -0.25) is 0 Å². The van der Waals surface area contributed by atoms with Gasteiger partial charge in [-0.2, -0.15) is 0 Å². The second-order valence-electron chi connectivity index (χ2n) is 3.50. The molecule has 0 fully saturated rings. The average molecular weight is 213 g/mol. The van der Waals surface area contributed by atoms with Crippen LogP contribution in [0.1, 0.15) is 24.8 Å². The van der Waals surface area contributed by atoms with Crippen molar-refractivity contribution in [1.82, 2.24) is 0 Å². The molecule has 0 aliphatic rings. The minimum atomic E-state index is -0.501. The van der Waals surface area contributed by atoms with Gasteiger partial charge in [0.25, 0.3) is 0 Å². The van der Waals surface area contributed by atoms with Crippen molar-refractivity contribution in [2.75, 3.05) is 13.7 Å².